The van der Waals surface area contributed by atoms with Crippen LogP contribution in [-0.4, -0.2) is 12.5 Å². The van der Waals surface area contributed by atoms with Crippen LogP contribution in [0, 0.1) is 6.92 Å². The first-order valence-corrected chi connectivity index (χ1v) is 6.82. The first-order valence-electron chi connectivity index (χ1n) is 6.00. The smallest absolute Gasteiger partial charge is 0.265 e. The average molecular weight is 276 g/mol. The lowest BCUT2D eigenvalue weighted by Crippen LogP contribution is -2.10. The van der Waals surface area contributed by atoms with Gasteiger partial charge < -0.3 is 15.8 Å². The predicted molar refractivity (Wildman–Crippen MR) is 79.0 cm³/mol. The molecule has 0 bridgehead atoms. The van der Waals surface area contributed by atoms with E-state index in [1.165, 1.54) is 11.3 Å². The summed E-state index contributed by atoms with van der Waals surface area (Å²) in [7, 11) is 0. The molecular weight excluding hydrogens is 260 g/mol. The maximum Gasteiger partial charge on any atom is 0.265 e. The summed E-state index contributed by atoms with van der Waals surface area (Å²) >= 11 is 1.39. The summed E-state index contributed by atoms with van der Waals surface area (Å²) < 4.78 is 5.39. The lowest BCUT2D eigenvalue weighted by Gasteiger charge is -2.07. The number of carbonyl (C=O) groups excluding carboxylic acids is 1. The van der Waals surface area contributed by atoms with E-state index in [0.29, 0.717) is 22.9 Å². The predicted octanol–water partition coefficient (Wildman–Crippen LogP) is 3.29. The van der Waals surface area contributed by atoms with Crippen molar-refractivity contribution in [2.45, 2.75) is 13.8 Å². The second kappa shape index (κ2) is 5.75. The van der Waals surface area contributed by atoms with Crippen LogP contribution in [-0.2, 0) is 0 Å². The van der Waals surface area contributed by atoms with Gasteiger partial charge in [0.1, 0.15) is 5.75 Å². The quantitative estimate of drug-likeness (QED) is 0.900. The maximum atomic E-state index is 12.1. The van der Waals surface area contributed by atoms with Crippen LogP contribution in [0.25, 0.3) is 0 Å². The molecule has 19 heavy (non-hydrogen) atoms. The Labute approximate surface area is 116 Å². The van der Waals surface area contributed by atoms with Gasteiger partial charge in [-0.05, 0) is 32.0 Å². The van der Waals surface area contributed by atoms with Crippen LogP contribution >= 0.6 is 11.3 Å². The fourth-order valence-electron chi connectivity index (χ4n) is 1.63. The van der Waals surface area contributed by atoms with Gasteiger partial charge in [0.05, 0.1) is 11.5 Å². The van der Waals surface area contributed by atoms with Crippen molar-refractivity contribution in [2.75, 3.05) is 17.7 Å². The van der Waals surface area contributed by atoms with Crippen molar-refractivity contribution in [1.29, 1.82) is 0 Å². The van der Waals surface area contributed by atoms with Crippen LogP contribution in [0.3, 0.4) is 0 Å². The molecule has 1 heterocycles. The summed E-state index contributed by atoms with van der Waals surface area (Å²) in [6, 6.07) is 9.01. The zero-order valence-electron chi connectivity index (χ0n) is 10.9. The molecule has 0 radical (unpaired) electrons. The van der Waals surface area contributed by atoms with E-state index in [9.17, 15) is 4.79 Å². The summed E-state index contributed by atoms with van der Waals surface area (Å²) in [5, 5.41) is 2.83. The molecule has 2 aromatic rings. The monoisotopic (exact) mass is 276 g/mol. The van der Waals surface area contributed by atoms with E-state index < -0.39 is 0 Å². The largest absolute Gasteiger partial charge is 0.494 e. The molecule has 1 aromatic carbocycles. The number of hydrogen-bond donors (Lipinski definition) is 2. The Kier molecular flexibility index (Phi) is 4.06. The third-order valence-corrected chi connectivity index (χ3v) is 3.65. The van der Waals surface area contributed by atoms with Crippen molar-refractivity contribution >= 4 is 28.6 Å². The van der Waals surface area contributed by atoms with Gasteiger partial charge in [-0.2, -0.15) is 0 Å². The van der Waals surface area contributed by atoms with Crippen molar-refractivity contribution in [3.05, 3.63) is 40.1 Å². The molecule has 1 aromatic heterocycles. The van der Waals surface area contributed by atoms with E-state index in [2.05, 4.69) is 5.32 Å². The van der Waals surface area contributed by atoms with Crippen LogP contribution < -0.4 is 15.8 Å². The highest BCUT2D eigenvalue weighted by molar-refractivity contribution is 7.14. The number of carbonyl (C=O) groups is 1. The molecule has 0 aliphatic carbocycles. The molecule has 2 rings (SSSR count). The lowest BCUT2D eigenvalue weighted by molar-refractivity contribution is 0.103. The molecule has 0 saturated carbocycles. The normalized spacial score (nSPS) is 10.2. The van der Waals surface area contributed by atoms with Crippen molar-refractivity contribution in [3.63, 3.8) is 0 Å². The van der Waals surface area contributed by atoms with Crippen molar-refractivity contribution in [2.24, 2.45) is 0 Å². The second-order valence-corrected chi connectivity index (χ2v) is 5.29. The Hall–Kier alpha value is -2.01. The molecule has 0 saturated heterocycles. The molecule has 0 spiro atoms. The standard InChI is InChI=1S/C14H16N2O2S/c1-3-18-11-6-4-5-10(7-11)16-14(17)13-8-12(15)9(2)19-13/h4-8H,3,15H2,1-2H3,(H,16,17). The first-order chi connectivity index (χ1) is 9.10. The molecular formula is C14H16N2O2S. The summed E-state index contributed by atoms with van der Waals surface area (Å²) in [4.78, 5) is 13.6. The van der Waals surface area contributed by atoms with Crippen LogP contribution in [0.5, 0.6) is 5.75 Å². The summed E-state index contributed by atoms with van der Waals surface area (Å²) in [6.45, 7) is 4.41. The average Bonchev–Trinajstić information content (AvgIpc) is 2.71. The third kappa shape index (κ3) is 3.26. The van der Waals surface area contributed by atoms with Gasteiger partial charge in [-0.3, -0.25) is 4.79 Å². The fourth-order valence-corrected chi connectivity index (χ4v) is 2.47. The molecule has 3 N–H and O–H groups in total. The maximum absolute atomic E-state index is 12.1. The number of nitrogens with two attached hydrogens (primary N) is 1. The highest BCUT2D eigenvalue weighted by Gasteiger charge is 2.11. The Bertz CT molecular complexity index is 573. The number of ether oxygens (including phenoxy) is 1. The van der Waals surface area contributed by atoms with Crippen LogP contribution in [0.15, 0.2) is 30.3 Å². The first kappa shape index (κ1) is 13.4. The van der Waals surface area contributed by atoms with Crippen molar-refractivity contribution < 1.29 is 9.53 Å². The zero-order valence-corrected chi connectivity index (χ0v) is 11.7. The van der Waals surface area contributed by atoms with Gasteiger partial charge in [0.25, 0.3) is 5.91 Å². The minimum absolute atomic E-state index is 0.154. The topological polar surface area (TPSA) is 64.3 Å². The van der Waals surface area contributed by atoms with Crippen LogP contribution in [0.4, 0.5) is 11.4 Å². The SMILES string of the molecule is CCOc1cccc(NC(=O)c2cc(N)c(C)s2)c1. The van der Waals surface area contributed by atoms with Crippen LogP contribution in [0.2, 0.25) is 0 Å². The van der Waals surface area contributed by atoms with E-state index >= 15 is 0 Å². The van der Waals surface area contributed by atoms with Gasteiger partial charge in [-0.1, -0.05) is 6.07 Å². The summed E-state index contributed by atoms with van der Waals surface area (Å²) in [6.07, 6.45) is 0. The van der Waals surface area contributed by atoms with Crippen LogP contribution in [0.1, 0.15) is 21.5 Å². The minimum Gasteiger partial charge on any atom is -0.494 e. The van der Waals surface area contributed by atoms with Gasteiger partial charge in [-0.25, -0.2) is 0 Å². The third-order valence-electron chi connectivity index (χ3n) is 2.58. The van der Waals surface area contributed by atoms with Crippen molar-refractivity contribution in [3.8, 4) is 5.75 Å². The number of anilines is 2. The van der Waals surface area contributed by atoms with Gasteiger partial charge >= 0.3 is 0 Å². The molecule has 0 unspecified atom stereocenters. The zero-order chi connectivity index (χ0) is 13.8. The molecule has 0 aliphatic heterocycles. The van der Waals surface area contributed by atoms with Gasteiger partial charge in [0.15, 0.2) is 0 Å². The summed E-state index contributed by atoms with van der Waals surface area (Å²) in [5.41, 5.74) is 7.11. The number of nitrogens with one attached hydrogen (secondary N) is 1. The van der Waals surface area contributed by atoms with E-state index in [1.807, 2.05) is 32.0 Å². The van der Waals surface area contributed by atoms with Crippen molar-refractivity contribution in [1.82, 2.24) is 0 Å². The highest BCUT2D eigenvalue weighted by atomic mass is 32.1. The molecule has 4 nitrogen and oxygen atoms in total. The number of nitrogen functional groups attached to an aromatic ring is 1. The fraction of sp³-hybridized carbons (Fsp3) is 0.214. The number of thiophene rings is 1. The molecule has 5 heteroatoms. The van der Waals surface area contributed by atoms with Gasteiger partial charge in [-0.15, -0.1) is 11.3 Å². The Balaban J connectivity index is 2.12. The highest BCUT2D eigenvalue weighted by Crippen LogP contribution is 2.25. The molecule has 0 atom stereocenters. The number of benzene rings is 1. The van der Waals surface area contributed by atoms with E-state index in [0.717, 1.165) is 10.6 Å². The Morgan fingerprint density at radius 1 is 1.42 bits per heavy atom. The Morgan fingerprint density at radius 2 is 2.21 bits per heavy atom. The number of rotatable bonds is 4. The summed E-state index contributed by atoms with van der Waals surface area (Å²) in [5.74, 6) is 0.584. The second-order valence-electron chi connectivity index (χ2n) is 4.04. The van der Waals surface area contributed by atoms with Gasteiger partial charge in [0, 0.05) is 22.3 Å². The van der Waals surface area contributed by atoms with Gasteiger partial charge in [0.2, 0.25) is 0 Å². The molecule has 100 valence electrons. The molecule has 0 aliphatic rings. The Morgan fingerprint density at radius 3 is 2.84 bits per heavy atom. The molecule has 1 amide bonds. The lowest BCUT2D eigenvalue weighted by atomic mass is 10.3. The number of hydrogen-bond acceptors (Lipinski definition) is 4. The van der Waals surface area contributed by atoms with E-state index in [-0.39, 0.29) is 5.91 Å². The number of amides is 1. The van der Waals surface area contributed by atoms with E-state index in [4.69, 9.17) is 10.5 Å². The number of aryl methyl sites for hydroxylation is 1. The molecule has 0 fully saturated rings. The van der Waals surface area contributed by atoms with E-state index in [1.54, 1.807) is 12.1 Å². The minimum atomic E-state index is -0.154.